The van der Waals surface area contributed by atoms with E-state index in [2.05, 4.69) is 11.9 Å². The molecule has 5 nitrogen and oxygen atoms in total. The fourth-order valence-electron chi connectivity index (χ4n) is 5.39. The number of hydrogen-bond donors (Lipinski definition) is 1. The highest BCUT2D eigenvalue weighted by atomic mass is 32.1. The van der Waals surface area contributed by atoms with Crippen LogP contribution in [0.25, 0.3) is 0 Å². The fraction of sp³-hybridized carbons (Fsp3) is 0.667. The van der Waals surface area contributed by atoms with Crippen LogP contribution in [0.5, 0.6) is 0 Å². The average molecular weight is 345 g/mol. The van der Waals surface area contributed by atoms with Crippen molar-refractivity contribution in [3.05, 3.63) is 12.7 Å². The largest absolute Gasteiger partial charge is 0.302 e. The van der Waals surface area contributed by atoms with Gasteiger partial charge in [-0.25, -0.2) is 0 Å². The first-order valence-electron chi connectivity index (χ1n) is 8.87. The zero-order valence-electron chi connectivity index (χ0n) is 13.7. The van der Waals surface area contributed by atoms with Crippen molar-refractivity contribution in [2.75, 3.05) is 6.54 Å². The fourth-order valence-corrected chi connectivity index (χ4v) is 5.65. The molecule has 0 unspecified atom stereocenters. The summed E-state index contributed by atoms with van der Waals surface area (Å²) in [5.41, 5.74) is 0. The smallest absolute Gasteiger partial charge is 0.247 e. The normalized spacial score (nSPS) is 41.2. The molecule has 4 bridgehead atoms. The summed E-state index contributed by atoms with van der Waals surface area (Å²) in [5.74, 6) is 1.54. The molecule has 2 amide bonds. The second-order valence-electron chi connectivity index (χ2n) is 7.73. The quantitative estimate of drug-likeness (QED) is 0.366. The minimum Gasteiger partial charge on any atom is -0.302 e. The van der Waals surface area contributed by atoms with E-state index >= 15 is 0 Å². The number of carbonyl (C=O) groups excluding carboxylic acids is 2. The van der Waals surface area contributed by atoms with Gasteiger partial charge in [-0.2, -0.15) is 0 Å². The second kappa shape index (κ2) is 6.06. The van der Waals surface area contributed by atoms with Crippen LogP contribution < -0.4 is 5.32 Å². The molecule has 1 saturated heterocycles. The average Bonchev–Trinajstić information content (AvgIpc) is 2.52. The van der Waals surface area contributed by atoms with Gasteiger partial charge in [-0.05, 0) is 68.0 Å². The van der Waals surface area contributed by atoms with E-state index in [0.29, 0.717) is 24.4 Å². The van der Waals surface area contributed by atoms with E-state index < -0.39 is 5.92 Å². The molecule has 0 spiro atoms. The maximum absolute atomic E-state index is 12.6. The molecule has 0 aromatic heterocycles. The highest BCUT2D eigenvalue weighted by Crippen LogP contribution is 2.54. The summed E-state index contributed by atoms with van der Waals surface area (Å²) in [6.45, 7) is 3.94. The molecule has 0 aromatic rings. The van der Waals surface area contributed by atoms with Gasteiger partial charge in [0.2, 0.25) is 11.8 Å². The van der Waals surface area contributed by atoms with Gasteiger partial charge in [0.15, 0.2) is 11.0 Å². The van der Waals surface area contributed by atoms with Crippen LogP contribution in [0.3, 0.4) is 0 Å². The van der Waals surface area contributed by atoms with E-state index in [-0.39, 0.29) is 16.9 Å². The Balaban J connectivity index is 1.50. The maximum atomic E-state index is 12.6. The molecule has 1 aliphatic heterocycles. The summed E-state index contributed by atoms with van der Waals surface area (Å²) in [5, 5.41) is 2.76. The molecule has 0 radical (unpaired) electrons. The van der Waals surface area contributed by atoms with Gasteiger partial charge >= 0.3 is 0 Å². The number of rotatable bonds is 4. The van der Waals surface area contributed by atoms with E-state index in [0.717, 1.165) is 11.8 Å². The lowest BCUT2D eigenvalue weighted by molar-refractivity contribution is -0.137. The summed E-state index contributed by atoms with van der Waals surface area (Å²) < 4.78 is 0. The molecule has 1 atom stereocenters. The van der Waals surface area contributed by atoms with Gasteiger partial charge in [0.25, 0.3) is 0 Å². The van der Waals surface area contributed by atoms with Crippen LogP contribution in [-0.2, 0) is 9.59 Å². The minimum atomic E-state index is -0.867. The zero-order chi connectivity index (χ0) is 16.8. The van der Waals surface area contributed by atoms with Crippen LogP contribution >= 0.6 is 12.2 Å². The van der Waals surface area contributed by atoms with Crippen molar-refractivity contribution in [1.29, 1.82) is 0 Å². The van der Waals surface area contributed by atoms with E-state index in [1.807, 2.05) is 0 Å². The van der Waals surface area contributed by atoms with Gasteiger partial charge < -0.3 is 5.32 Å². The monoisotopic (exact) mass is 345 g/mol. The summed E-state index contributed by atoms with van der Waals surface area (Å²) >= 11 is 5.07. The maximum Gasteiger partial charge on any atom is 0.247 e. The van der Waals surface area contributed by atoms with Crippen LogP contribution in [0.4, 0.5) is 0 Å². The van der Waals surface area contributed by atoms with Crippen LogP contribution in [0.2, 0.25) is 0 Å². The van der Waals surface area contributed by atoms with Gasteiger partial charge in [0, 0.05) is 12.8 Å². The number of thiocarbonyl (C=S) groups is 1. The Morgan fingerprint density at radius 3 is 2.38 bits per heavy atom. The molecule has 5 rings (SSSR count). The van der Waals surface area contributed by atoms with Gasteiger partial charge in [0.05, 0.1) is 6.04 Å². The first kappa shape index (κ1) is 15.9. The van der Waals surface area contributed by atoms with Gasteiger partial charge in [-0.3, -0.25) is 19.5 Å². The van der Waals surface area contributed by atoms with Crippen LogP contribution in [0, 0.1) is 29.6 Å². The minimum absolute atomic E-state index is 0.157. The lowest BCUT2D eigenvalue weighted by Crippen LogP contribution is -2.58. The molecule has 6 heteroatoms. The Hall–Kier alpha value is -1.56. The summed E-state index contributed by atoms with van der Waals surface area (Å²) in [6.07, 6.45) is 9.68. The molecule has 5 aliphatic rings. The first-order valence-corrected chi connectivity index (χ1v) is 9.28. The lowest BCUT2D eigenvalue weighted by atomic mass is 9.54. The van der Waals surface area contributed by atoms with Gasteiger partial charge in [0.1, 0.15) is 0 Å². The topological polar surface area (TPSA) is 61.8 Å². The Labute approximate surface area is 147 Å². The Bertz CT molecular complexity index is 602. The second-order valence-corrected chi connectivity index (χ2v) is 8.12. The van der Waals surface area contributed by atoms with E-state index in [4.69, 9.17) is 17.2 Å². The summed E-state index contributed by atoms with van der Waals surface area (Å²) in [4.78, 5) is 30.9. The summed E-state index contributed by atoms with van der Waals surface area (Å²) in [6, 6.07) is 0.292. The molecule has 5 fully saturated rings. The number of carbonyl (C=O) groups is 2. The molecule has 128 valence electrons. The molecule has 4 saturated carbocycles. The van der Waals surface area contributed by atoms with E-state index in [9.17, 15) is 9.59 Å². The van der Waals surface area contributed by atoms with E-state index in [1.165, 1.54) is 37.0 Å². The van der Waals surface area contributed by atoms with Crippen LogP contribution in [0.15, 0.2) is 17.6 Å². The van der Waals surface area contributed by atoms with Crippen molar-refractivity contribution in [2.24, 2.45) is 34.6 Å². The van der Waals surface area contributed by atoms with Gasteiger partial charge in [-0.1, -0.05) is 6.08 Å². The van der Waals surface area contributed by atoms with Crippen molar-refractivity contribution in [1.82, 2.24) is 10.2 Å². The molecule has 24 heavy (non-hydrogen) atoms. The number of hydrogen-bond acceptors (Lipinski definition) is 4. The first-order chi connectivity index (χ1) is 11.6. The third kappa shape index (κ3) is 2.61. The Morgan fingerprint density at radius 2 is 1.79 bits per heavy atom. The Kier molecular flexibility index (Phi) is 4.03. The molecule has 1 heterocycles. The highest BCUT2D eigenvalue weighted by Gasteiger charge is 2.48. The third-order valence-corrected chi connectivity index (χ3v) is 6.51. The lowest BCUT2D eigenvalue weighted by Gasteiger charge is -2.53. The van der Waals surface area contributed by atoms with Crippen molar-refractivity contribution < 1.29 is 9.59 Å². The molecular weight excluding hydrogens is 322 g/mol. The Morgan fingerprint density at radius 1 is 1.17 bits per heavy atom. The third-order valence-electron chi connectivity index (χ3n) is 6.19. The van der Waals surface area contributed by atoms with Crippen molar-refractivity contribution in [3.8, 4) is 0 Å². The summed E-state index contributed by atoms with van der Waals surface area (Å²) in [7, 11) is 0. The van der Waals surface area contributed by atoms with Crippen molar-refractivity contribution in [3.63, 3.8) is 0 Å². The zero-order valence-corrected chi connectivity index (χ0v) is 14.5. The van der Waals surface area contributed by atoms with E-state index in [1.54, 1.807) is 12.3 Å². The standard InChI is InChI=1S/C18H23N3O2S/c1-2-3-21-17(23)14(16(22)20-18(21)24)9-19-15-12-5-10-4-11(7-12)8-13(15)6-10/h2,9-15H,1,3-8H2,(H,20,22,24)/t10?,11?,12?,13?,14-,15?/m0/s1. The number of nitrogens with one attached hydrogen (secondary N) is 1. The molecule has 0 aromatic carbocycles. The van der Waals surface area contributed by atoms with Crippen LogP contribution in [0.1, 0.15) is 32.1 Å². The highest BCUT2D eigenvalue weighted by molar-refractivity contribution is 7.80. The molecule has 1 N–H and O–H groups in total. The van der Waals surface area contributed by atoms with Crippen molar-refractivity contribution in [2.45, 2.75) is 38.1 Å². The molecule has 4 aliphatic carbocycles. The predicted molar refractivity (Wildman–Crippen MR) is 95.5 cm³/mol. The number of aliphatic imine (C=N–C) groups is 1. The van der Waals surface area contributed by atoms with Gasteiger partial charge in [-0.15, -0.1) is 6.58 Å². The predicted octanol–water partition coefficient (Wildman–Crippen LogP) is 1.93. The van der Waals surface area contributed by atoms with Crippen molar-refractivity contribution >= 4 is 35.4 Å². The molecular formula is C18H23N3O2S. The number of amides is 2. The van der Waals surface area contributed by atoms with Crippen LogP contribution in [-0.4, -0.2) is 40.6 Å². The SMILES string of the molecule is C=CCN1C(=O)[C@@H](C=NC2C3CC4CC(C3)CC2C4)C(=O)NC1=S. The number of nitrogens with zero attached hydrogens (tertiary/aromatic N) is 2.